The van der Waals surface area contributed by atoms with Crippen LogP contribution in [-0.4, -0.2) is 4.98 Å². The second-order valence-corrected chi connectivity index (χ2v) is 11.2. The first-order chi connectivity index (χ1) is 22.3. The van der Waals surface area contributed by atoms with Crippen molar-refractivity contribution in [1.82, 2.24) is 4.98 Å². The van der Waals surface area contributed by atoms with Gasteiger partial charge in [0.15, 0.2) is 5.58 Å². The molecule has 0 N–H and O–H groups in total. The Morgan fingerprint density at radius 3 is 1.93 bits per heavy atom. The Kier molecular flexibility index (Phi) is 5.78. The van der Waals surface area contributed by atoms with Crippen LogP contribution in [0.1, 0.15) is 0 Å². The van der Waals surface area contributed by atoms with E-state index in [2.05, 4.69) is 108 Å². The van der Waals surface area contributed by atoms with Gasteiger partial charge >= 0.3 is 0 Å². The Morgan fingerprint density at radius 2 is 1.09 bits per heavy atom. The van der Waals surface area contributed by atoms with Gasteiger partial charge in [-0.15, -0.1) is 0 Å². The van der Waals surface area contributed by atoms with E-state index < -0.39 is 0 Å². The fourth-order valence-corrected chi connectivity index (χ4v) is 6.46. The maximum atomic E-state index is 6.45. The van der Waals surface area contributed by atoms with E-state index in [0.29, 0.717) is 5.89 Å². The monoisotopic (exact) mass is 578 g/mol. The summed E-state index contributed by atoms with van der Waals surface area (Å²) in [7, 11) is 0. The largest absolute Gasteiger partial charge is 0.456 e. The Labute approximate surface area is 259 Å². The molecule has 0 atom stereocenters. The third-order valence-corrected chi connectivity index (χ3v) is 8.47. The highest BCUT2D eigenvalue weighted by Crippen LogP contribution is 2.44. The molecule has 212 valence electrons. The highest BCUT2D eigenvalue weighted by Gasteiger charge is 2.21. The minimum absolute atomic E-state index is 0.613. The lowest BCUT2D eigenvalue weighted by atomic mass is 9.98. The van der Waals surface area contributed by atoms with E-state index in [9.17, 15) is 0 Å². The van der Waals surface area contributed by atoms with Gasteiger partial charge < -0.3 is 13.7 Å². The molecule has 0 aliphatic carbocycles. The number of para-hydroxylation sites is 2. The molecule has 4 nitrogen and oxygen atoms in total. The third kappa shape index (κ3) is 4.19. The van der Waals surface area contributed by atoms with E-state index in [-0.39, 0.29) is 0 Å². The number of hydrogen-bond acceptors (Lipinski definition) is 4. The summed E-state index contributed by atoms with van der Waals surface area (Å²) in [4.78, 5) is 7.27. The van der Waals surface area contributed by atoms with Crippen molar-refractivity contribution in [2.75, 3.05) is 4.90 Å². The maximum Gasteiger partial charge on any atom is 0.227 e. The molecule has 2 aromatic heterocycles. The lowest BCUT2D eigenvalue weighted by Crippen LogP contribution is -2.10. The van der Waals surface area contributed by atoms with Crippen LogP contribution in [0.5, 0.6) is 0 Å². The predicted octanol–water partition coefficient (Wildman–Crippen LogP) is 11.7. The van der Waals surface area contributed by atoms with Gasteiger partial charge in [-0.25, -0.2) is 4.98 Å². The van der Waals surface area contributed by atoms with Crippen LogP contribution in [-0.2, 0) is 0 Å². The molecule has 0 aliphatic heterocycles. The van der Waals surface area contributed by atoms with Gasteiger partial charge in [-0.2, -0.15) is 0 Å². The van der Waals surface area contributed by atoms with Crippen molar-refractivity contribution in [2.24, 2.45) is 0 Å². The van der Waals surface area contributed by atoms with Crippen molar-refractivity contribution in [3.8, 4) is 22.6 Å². The number of anilines is 3. The number of benzene rings is 7. The first-order valence-corrected chi connectivity index (χ1v) is 15.1. The van der Waals surface area contributed by atoms with Crippen LogP contribution in [0.3, 0.4) is 0 Å². The average Bonchev–Trinajstić information content (AvgIpc) is 3.72. The highest BCUT2D eigenvalue weighted by molar-refractivity contribution is 6.14. The van der Waals surface area contributed by atoms with Crippen LogP contribution in [0.2, 0.25) is 0 Å². The fraction of sp³-hybridized carbons (Fsp3) is 0. The summed E-state index contributed by atoms with van der Waals surface area (Å²) in [5.74, 6) is 0.613. The summed E-state index contributed by atoms with van der Waals surface area (Å²) >= 11 is 0. The molecule has 9 aromatic rings. The van der Waals surface area contributed by atoms with Crippen molar-refractivity contribution in [3.05, 3.63) is 158 Å². The lowest BCUT2D eigenvalue weighted by Gasteiger charge is -2.27. The molecule has 0 amide bonds. The zero-order valence-corrected chi connectivity index (χ0v) is 24.2. The van der Waals surface area contributed by atoms with Crippen LogP contribution in [0.25, 0.3) is 66.4 Å². The van der Waals surface area contributed by atoms with Gasteiger partial charge in [-0.3, -0.25) is 0 Å². The predicted molar refractivity (Wildman–Crippen MR) is 184 cm³/mol. The summed E-state index contributed by atoms with van der Waals surface area (Å²) < 4.78 is 12.7. The Hall–Kier alpha value is -6.13. The molecule has 2 heterocycles. The van der Waals surface area contributed by atoms with Gasteiger partial charge in [0.1, 0.15) is 16.7 Å². The zero-order chi connectivity index (χ0) is 29.7. The Bertz CT molecular complexity index is 2490. The average molecular weight is 579 g/mol. The molecule has 0 saturated carbocycles. The quantitative estimate of drug-likeness (QED) is 0.204. The van der Waals surface area contributed by atoms with E-state index in [1.807, 2.05) is 54.6 Å². The van der Waals surface area contributed by atoms with Crippen molar-refractivity contribution in [3.63, 3.8) is 0 Å². The third-order valence-electron chi connectivity index (χ3n) is 8.47. The lowest BCUT2D eigenvalue weighted by molar-refractivity contribution is 0.620. The molecule has 0 spiro atoms. The normalized spacial score (nSPS) is 11.6. The van der Waals surface area contributed by atoms with Crippen molar-refractivity contribution in [1.29, 1.82) is 0 Å². The van der Waals surface area contributed by atoms with Gasteiger partial charge in [0, 0.05) is 44.5 Å². The van der Waals surface area contributed by atoms with Gasteiger partial charge in [0.2, 0.25) is 5.89 Å². The van der Waals surface area contributed by atoms with Gasteiger partial charge in [-0.1, -0.05) is 103 Å². The second-order valence-electron chi connectivity index (χ2n) is 11.2. The van der Waals surface area contributed by atoms with Crippen LogP contribution < -0.4 is 4.90 Å². The molecular formula is C41H26N2O2. The van der Waals surface area contributed by atoms with Crippen LogP contribution >= 0.6 is 0 Å². The van der Waals surface area contributed by atoms with Crippen molar-refractivity contribution >= 4 is 60.9 Å². The number of rotatable bonds is 5. The summed E-state index contributed by atoms with van der Waals surface area (Å²) in [6, 6.07) is 54.4. The fourth-order valence-electron chi connectivity index (χ4n) is 6.46. The number of hydrogen-bond donors (Lipinski definition) is 0. The standard InChI is InChI=1S/C41H26N2O2/c1-3-13-27(14-4-1)41-42-40-33-20-8-7-19-32(33)35(26-38(40)45-41)43(29-16-5-2-6-17-29)30-18-11-15-28(25-30)31-22-12-24-37-39(31)34-21-9-10-23-36(34)44-37/h1-26H. The molecule has 0 unspecified atom stereocenters. The van der Waals surface area contributed by atoms with E-state index in [4.69, 9.17) is 13.8 Å². The topological polar surface area (TPSA) is 42.4 Å². The summed E-state index contributed by atoms with van der Waals surface area (Å²) in [6.45, 7) is 0. The van der Waals surface area contributed by atoms with E-state index in [1.54, 1.807) is 0 Å². The molecule has 4 heteroatoms. The first-order valence-electron chi connectivity index (χ1n) is 15.1. The minimum atomic E-state index is 0.613. The van der Waals surface area contributed by atoms with E-state index >= 15 is 0 Å². The molecule has 9 rings (SSSR count). The number of aromatic nitrogens is 1. The van der Waals surface area contributed by atoms with E-state index in [1.165, 1.54) is 0 Å². The summed E-state index contributed by atoms with van der Waals surface area (Å²) in [5, 5.41) is 4.38. The molecule has 45 heavy (non-hydrogen) atoms. The molecule has 7 aromatic carbocycles. The Morgan fingerprint density at radius 1 is 0.444 bits per heavy atom. The van der Waals surface area contributed by atoms with Gasteiger partial charge in [-0.05, 0) is 59.7 Å². The van der Waals surface area contributed by atoms with Crippen LogP contribution in [0.15, 0.2) is 167 Å². The number of oxazole rings is 1. The smallest absolute Gasteiger partial charge is 0.227 e. The zero-order valence-electron chi connectivity index (χ0n) is 24.2. The van der Waals surface area contributed by atoms with E-state index in [0.717, 1.165) is 77.6 Å². The minimum Gasteiger partial charge on any atom is -0.456 e. The van der Waals surface area contributed by atoms with Crippen molar-refractivity contribution in [2.45, 2.75) is 0 Å². The maximum absolute atomic E-state index is 6.45. The molecule has 0 radical (unpaired) electrons. The highest BCUT2D eigenvalue weighted by atomic mass is 16.3. The molecule has 0 saturated heterocycles. The number of nitrogens with zero attached hydrogens (tertiary/aromatic N) is 2. The first kappa shape index (κ1) is 25.4. The second kappa shape index (κ2) is 10.2. The SMILES string of the molecule is c1ccc(-c2nc3c(cc(N(c4ccccc4)c4cccc(-c5cccc6oc7ccccc7c56)c4)c4ccccc43)o2)cc1. The molecular weight excluding hydrogens is 552 g/mol. The van der Waals surface area contributed by atoms with Gasteiger partial charge in [0.05, 0.1) is 5.69 Å². The van der Waals surface area contributed by atoms with Crippen LogP contribution in [0, 0.1) is 0 Å². The van der Waals surface area contributed by atoms with Gasteiger partial charge in [0.25, 0.3) is 0 Å². The summed E-state index contributed by atoms with van der Waals surface area (Å²) in [6.07, 6.45) is 0. The number of fused-ring (bicyclic) bond motifs is 6. The van der Waals surface area contributed by atoms with Crippen molar-refractivity contribution < 1.29 is 8.83 Å². The summed E-state index contributed by atoms with van der Waals surface area (Å²) in [5.41, 5.74) is 9.68. The molecule has 0 aliphatic rings. The number of furan rings is 1. The molecule has 0 bridgehead atoms. The van der Waals surface area contributed by atoms with Crippen LogP contribution in [0.4, 0.5) is 17.1 Å². The molecule has 0 fully saturated rings. The Balaban J connectivity index is 1.28.